The molecular formula is C9H20N2OS. The van der Waals surface area contributed by atoms with Gasteiger partial charge in [-0.2, -0.15) is 10.2 Å². The fraction of sp³-hybridized carbons (Fsp3) is 1.00. The molecule has 0 atom stereocenters. The zero-order valence-electron chi connectivity index (χ0n) is 9.16. The van der Waals surface area contributed by atoms with Crippen molar-refractivity contribution in [3.05, 3.63) is 0 Å². The highest BCUT2D eigenvalue weighted by atomic mass is 32.2. The van der Waals surface area contributed by atoms with Crippen LogP contribution in [0.15, 0.2) is 10.2 Å². The monoisotopic (exact) mass is 204 g/mol. The van der Waals surface area contributed by atoms with Crippen LogP contribution in [0, 0.1) is 0 Å². The smallest absolute Gasteiger partial charge is 0.121 e. The second-order valence-electron chi connectivity index (χ2n) is 4.39. The second kappa shape index (κ2) is 4.96. The number of hydrogen-bond acceptors (Lipinski definition) is 4. The van der Waals surface area contributed by atoms with Gasteiger partial charge in [0.25, 0.3) is 0 Å². The zero-order valence-corrected chi connectivity index (χ0v) is 9.98. The van der Waals surface area contributed by atoms with E-state index in [1.54, 1.807) is 11.8 Å². The van der Waals surface area contributed by atoms with Gasteiger partial charge in [0.15, 0.2) is 0 Å². The van der Waals surface area contributed by atoms with E-state index in [0.717, 1.165) is 0 Å². The summed E-state index contributed by atoms with van der Waals surface area (Å²) in [4.78, 5) is -0.226. The van der Waals surface area contributed by atoms with E-state index in [2.05, 4.69) is 10.2 Å². The quantitative estimate of drug-likeness (QED) is 0.716. The molecule has 0 aromatic carbocycles. The molecule has 78 valence electrons. The molecule has 3 nitrogen and oxygen atoms in total. The summed E-state index contributed by atoms with van der Waals surface area (Å²) in [7, 11) is 0. The van der Waals surface area contributed by atoms with Crippen LogP contribution in [0.4, 0.5) is 0 Å². The lowest BCUT2D eigenvalue weighted by Crippen LogP contribution is -2.16. The number of rotatable bonds is 4. The molecule has 0 aromatic heterocycles. The van der Waals surface area contributed by atoms with Crippen LogP contribution in [0.1, 0.15) is 34.6 Å². The first kappa shape index (κ1) is 12.9. The number of thioether (sulfide) groups is 1. The van der Waals surface area contributed by atoms with E-state index >= 15 is 0 Å². The summed E-state index contributed by atoms with van der Waals surface area (Å²) in [6.07, 6.45) is 0. The Kier molecular flexibility index (Phi) is 4.92. The normalized spacial score (nSPS) is 14.0. The Bertz CT molecular complexity index is 173. The number of nitrogens with zero attached hydrogens (tertiary/aromatic N) is 2. The molecular weight excluding hydrogens is 184 g/mol. The maximum Gasteiger partial charge on any atom is 0.121 e. The van der Waals surface area contributed by atoms with Crippen molar-refractivity contribution in [2.24, 2.45) is 10.2 Å². The molecule has 0 saturated heterocycles. The number of aliphatic hydroxyl groups is 1. The molecule has 0 aliphatic heterocycles. The van der Waals surface area contributed by atoms with Crippen LogP contribution in [-0.2, 0) is 0 Å². The van der Waals surface area contributed by atoms with Crippen molar-refractivity contribution in [3.63, 3.8) is 0 Å². The second-order valence-corrected chi connectivity index (χ2v) is 6.09. The van der Waals surface area contributed by atoms with Crippen LogP contribution in [0.5, 0.6) is 0 Å². The van der Waals surface area contributed by atoms with Gasteiger partial charge in [0.1, 0.15) is 4.87 Å². The van der Waals surface area contributed by atoms with Gasteiger partial charge in [0, 0.05) is 5.75 Å². The molecule has 0 fully saturated rings. The van der Waals surface area contributed by atoms with Crippen LogP contribution in [-0.4, -0.2) is 27.9 Å². The summed E-state index contributed by atoms with van der Waals surface area (Å²) in [6.45, 7) is 10.3. The van der Waals surface area contributed by atoms with Crippen LogP contribution < -0.4 is 0 Å². The highest BCUT2D eigenvalue weighted by Crippen LogP contribution is 2.27. The zero-order chi connectivity index (χ0) is 10.5. The van der Waals surface area contributed by atoms with E-state index in [-0.39, 0.29) is 17.0 Å². The lowest BCUT2D eigenvalue weighted by molar-refractivity contribution is 0.322. The molecule has 0 bridgehead atoms. The number of azo groups is 1. The van der Waals surface area contributed by atoms with Gasteiger partial charge in [-0.3, -0.25) is 0 Å². The Balaban J connectivity index is 4.08. The van der Waals surface area contributed by atoms with Crippen molar-refractivity contribution in [2.75, 3.05) is 12.4 Å². The Labute approximate surface area is 85.0 Å². The molecule has 4 heteroatoms. The highest BCUT2D eigenvalue weighted by Gasteiger charge is 2.18. The van der Waals surface area contributed by atoms with Crippen molar-refractivity contribution in [1.82, 2.24) is 0 Å². The standard InChI is InChI=1S/C9H20N2OS/c1-8(2,3)10-11-9(4,5)13-7-6-12/h12H,6-7H2,1-5H3/b11-10+. The summed E-state index contributed by atoms with van der Waals surface area (Å²) in [5, 5.41) is 17.1. The molecule has 13 heavy (non-hydrogen) atoms. The summed E-state index contributed by atoms with van der Waals surface area (Å²) in [6, 6.07) is 0. The third kappa shape index (κ3) is 8.25. The molecule has 0 heterocycles. The van der Waals surface area contributed by atoms with Crippen molar-refractivity contribution in [3.8, 4) is 0 Å². The van der Waals surface area contributed by atoms with Crippen LogP contribution in [0.2, 0.25) is 0 Å². The van der Waals surface area contributed by atoms with E-state index in [9.17, 15) is 0 Å². The van der Waals surface area contributed by atoms with Gasteiger partial charge in [-0.1, -0.05) is 0 Å². The van der Waals surface area contributed by atoms with E-state index < -0.39 is 0 Å². The van der Waals surface area contributed by atoms with Crippen LogP contribution in [0.25, 0.3) is 0 Å². The minimum Gasteiger partial charge on any atom is -0.396 e. The lowest BCUT2D eigenvalue weighted by Gasteiger charge is -2.19. The van der Waals surface area contributed by atoms with Crippen molar-refractivity contribution >= 4 is 11.8 Å². The Morgan fingerprint density at radius 2 is 1.62 bits per heavy atom. The van der Waals surface area contributed by atoms with E-state index in [4.69, 9.17) is 5.11 Å². The Morgan fingerprint density at radius 3 is 2.00 bits per heavy atom. The molecule has 0 rings (SSSR count). The summed E-state index contributed by atoms with van der Waals surface area (Å²) < 4.78 is 0. The number of aliphatic hydroxyl groups excluding tert-OH is 1. The Morgan fingerprint density at radius 1 is 1.08 bits per heavy atom. The first-order chi connectivity index (χ1) is 5.77. The molecule has 0 aromatic rings. The van der Waals surface area contributed by atoms with Gasteiger partial charge in [0.2, 0.25) is 0 Å². The van der Waals surface area contributed by atoms with Crippen molar-refractivity contribution < 1.29 is 5.11 Å². The third-order valence-corrected chi connectivity index (χ3v) is 2.31. The minimum absolute atomic E-state index is 0.114. The van der Waals surface area contributed by atoms with Gasteiger partial charge in [-0.15, -0.1) is 11.8 Å². The molecule has 0 aliphatic carbocycles. The van der Waals surface area contributed by atoms with E-state index in [1.165, 1.54) is 0 Å². The van der Waals surface area contributed by atoms with Gasteiger partial charge >= 0.3 is 0 Å². The maximum atomic E-state index is 8.66. The van der Waals surface area contributed by atoms with E-state index in [0.29, 0.717) is 5.75 Å². The summed E-state index contributed by atoms with van der Waals surface area (Å²) >= 11 is 1.61. The molecule has 0 radical (unpaired) electrons. The average molecular weight is 204 g/mol. The van der Waals surface area contributed by atoms with E-state index in [1.807, 2.05) is 34.6 Å². The highest BCUT2D eigenvalue weighted by molar-refractivity contribution is 8.00. The fourth-order valence-corrected chi connectivity index (χ4v) is 1.28. The van der Waals surface area contributed by atoms with Crippen LogP contribution >= 0.6 is 11.8 Å². The third-order valence-electron chi connectivity index (χ3n) is 1.14. The molecule has 1 N–H and O–H groups in total. The molecule has 0 unspecified atom stereocenters. The Hall–Kier alpha value is -0.0900. The fourth-order valence-electron chi connectivity index (χ4n) is 0.595. The average Bonchev–Trinajstić information content (AvgIpc) is 1.97. The topological polar surface area (TPSA) is 45.0 Å². The van der Waals surface area contributed by atoms with Gasteiger partial charge in [0.05, 0.1) is 12.1 Å². The summed E-state index contributed by atoms with van der Waals surface area (Å²) in [5.74, 6) is 0.705. The SMILES string of the molecule is CC(C)(C)/N=N/C(C)(C)SCCO. The van der Waals surface area contributed by atoms with Crippen molar-refractivity contribution in [2.45, 2.75) is 45.0 Å². The predicted octanol–water partition coefficient (Wildman–Crippen LogP) is 2.70. The first-order valence-corrected chi connectivity index (χ1v) is 5.44. The maximum absolute atomic E-state index is 8.66. The number of hydrogen-bond donors (Lipinski definition) is 1. The minimum atomic E-state index is -0.226. The molecule has 0 spiro atoms. The largest absolute Gasteiger partial charge is 0.396 e. The van der Waals surface area contributed by atoms with Gasteiger partial charge in [-0.05, 0) is 34.6 Å². The molecule has 0 amide bonds. The molecule has 0 saturated carbocycles. The van der Waals surface area contributed by atoms with Crippen LogP contribution in [0.3, 0.4) is 0 Å². The summed E-state index contributed by atoms with van der Waals surface area (Å²) in [5.41, 5.74) is -0.114. The molecule has 0 aliphatic rings. The van der Waals surface area contributed by atoms with Crippen molar-refractivity contribution in [1.29, 1.82) is 0 Å². The lowest BCUT2D eigenvalue weighted by atomic mass is 10.1. The first-order valence-electron chi connectivity index (χ1n) is 4.46. The van der Waals surface area contributed by atoms with Gasteiger partial charge in [-0.25, -0.2) is 0 Å². The predicted molar refractivity (Wildman–Crippen MR) is 58.2 cm³/mol. The van der Waals surface area contributed by atoms with Gasteiger partial charge < -0.3 is 5.11 Å².